The smallest absolute Gasteiger partial charge is 0.277 e. The summed E-state index contributed by atoms with van der Waals surface area (Å²) in [6, 6.07) is 11.1. The summed E-state index contributed by atoms with van der Waals surface area (Å²) in [7, 11) is 0. The lowest BCUT2D eigenvalue weighted by Gasteiger charge is -2.29. The second kappa shape index (κ2) is 7.84. The van der Waals surface area contributed by atoms with Crippen LogP contribution in [0, 0.1) is 12.7 Å². The van der Waals surface area contributed by atoms with Gasteiger partial charge in [0.1, 0.15) is 11.5 Å². The van der Waals surface area contributed by atoms with Gasteiger partial charge in [-0.15, -0.1) is 0 Å². The fourth-order valence-electron chi connectivity index (χ4n) is 4.59. The number of aromatic nitrogens is 2. The Labute approximate surface area is 189 Å². The molecule has 2 N–H and O–H groups in total. The van der Waals surface area contributed by atoms with Crippen LogP contribution in [0.25, 0.3) is 5.69 Å². The summed E-state index contributed by atoms with van der Waals surface area (Å²) in [4.78, 5) is 41.1. The first-order valence-corrected chi connectivity index (χ1v) is 10.8. The number of halogens is 1. The number of benzene rings is 2. The van der Waals surface area contributed by atoms with E-state index in [1.165, 1.54) is 28.9 Å². The molecule has 3 aromatic rings. The van der Waals surface area contributed by atoms with E-state index in [1.807, 2.05) is 25.1 Å². The SMILES string of the molecule is Cc1cc(N2CCCC2=O)ccc1N1CCc2c(C(N)=O)nn(-c3ccc(F)cc3)c2C1=O. The Balaban J connectivity index is 1.55. The second-order valence-electron chi connectivity index (χ2n) is 8.25. The number of nitrogens with zero attached hydrogens (tertiary/aromatic N) is 4. The van der Waals surface area contributed by atoms with Gasteiger partial charge in [0, 0.05) is 36.4 Å². The van der Waals surface area contributed by atoms with Crippen molar-refractivity contribution in [1.82, 2.24) is 9.78 Å². The fraction of sp³-hybridized carbons (Fsp3) is 0.250. The Hall–Kier alpha value is -4.01. The van der Waals surface area contributed by atoms with Crippen LogP contribution >= 0.6 is 0 Å². The largest absolute Gasteiger partial charge is 0.364 e. The van der Waals surface area contributed by atoms with Crippen LogP contribution in [0.2, 0.25) is 0 Å². The molecule has 0 saturated carbocycles. The number of anilines is 2. The topological polar surface area (TPSA) is 102 Å². The van der Waals surface area contributed by atoms with Gasteiger partial charge in [0.15, 0.2) is 5.69 Å². The summed E-state index contributed by atoms with van der Waals surface area (Å²) < 4.78 is 14.8. The van der Waals surface area contributed by atoms with Crippen molar-refractivity contribution in [3.63, 3.8) is 0 Å². The summed E-state index contributed by atoms with van der Waals surface area (Å²) in [5, 5.41) is 4.29. The van der Waals surface area contributed by atoms with Crippen molar-refractivity contribution < 1.29 is 18.8 Å². The molecule has 0 spiro atoms. The van der Waals surface area contributed by atoms with Crippen molar-refractivity contribution in [2.75, 3.05) is 22.9 Å². The molecule has 3 heterocycles. The fourth-order valence-corrected chi connectivity index (χ4v) is 4.59. The Morgan fingerprint density at radius 2 is 1.73 bits per heavy atom. The van der Waals surface area contributed by atoms with Gasteiger partial charge in [-0.3, -0.25) is 14.4 Å². The third-order valence-corrected chi connectivity index (χ3v) is 6.18. The van der Waals surface area contributed by atoms with Crippen molar-refractivity contribution in [3.05, 3.63) is 70.8 Å². The lowest BCUT2D eigenvalue weighted by Crippen LogP contribution is -2.39. The summed E-state index contributed by atoms with van der Waals surface area (Å²) in [6.45, 7) is 2.94. The number of aryl methyl sites for hydroxylation is 1. The predicted molar refractivity (Wildman–Crippen MR) is 120 cm³/mol. The number of rotatable bonds is 4. The van der Waals surface area contributed by atoms with E-state index in [9.17, 15) is 18.8 Å². The molecule has 0 unspecified atom stereocenters. The molecule has 0 atom stereocenters. The molecule has 9 heteroatoms. The quantitative estimate of drug-likeness (QED) is 0.664. The first-order valence-electron chi connectivity index (χ1n) is 10.8. The summed E-state index contributed by atoms with van der Waals surface area (Å²) >= 11 is 0. The molecule has 3 amide bonds. The van der Waals surface area contributed by atoms with Crippen LogP contribution in [0.3, 0.4) is 0 Å². The van der Waals surface area contributed by atoms with Gasteiger partial charge >= 0.3 is 0 Å². The van der Waals surface area contributed by atoms with Gasteiger partial charge in [-0.1, -0.05) is 0 Å². The number of carbonyl (C=O) groups excluding carboxylic acids is 3. The molecule has 8 nitrogen and oxygen atoms in total. The number of hydrogen-bond acceptors (Lipinski definition) is 4. The number of hydrogen-bond donors (Lipinski definition) is 1. The van der Waals surface area contributed by atoms with Crippen molar-refractivity contribution in [2.24, 2.45) is 5.73 Å². The maximum absolute atomic E-state index is 13.6. The number of fused-ring (bicyclic) bond motifs is 1. The normalized spacial score (nSPS) is 15.8. The zero-order chi connectivity index (χ0) is 23.3. The minimum absolute atomic E-state index is 0.0435. The van der Waals surface area contributed by atoms with E-state index in [0.29, 0.717) is 42.9 Å². The molecule has 0 radical (unpaired) electrons. The van der Waals surface area contributed by atoms with E-state index in [-0.39, 0.29) is 23.2 Å². The molecular formula is C24H22FN5O3. The van der Waals surface area contributed by atoms with Crippen molar-refractivity contribution in [2.45, 2.75) is 26.2 Å². The van der Waals surface area contributed by atoms with E-state index in [2.05, 4.69) is 5.10 Å². The molecule has 2 aromatic carbocycles. The average molecular weight is 447 g/mol. The van der Waals surface area contributed by atoms with Gasteiger partial charge in [0.25, 0.3) is 11.8 Å². The molecule has 1 aromatic heterocycles. The second-order valence-corrected chi connectivity index (χ2v) is 8.25. The molecule has 1 fully saturated rings. The van der Waals surface area contributed by atoms with Crippen molar-refractivity contribution in [1.29, 1.82) is 0 Å². The van der Waals surface area contributed by atoms with Gasteiger partial charge in [-0.25, -0.2) is 9.07 Å². The molecule has 2 aliphatic rings. The first-order chi connectivity index (χ1) is 15.8. The highest BCUT2D eigenvalue weighted by Crippen LogP contribution is 2.33. The lowest BCUT2D eigenvalue weighted by molar-refractivity contribution is -0.117. The molecule has 168 valence electrons. The van der Waals surface area contributed by atoms with Crippen LogP contribution in [0.5, 0.6) is 0 Å². The Kier molecular flexibility index (Phi) is 4.96. The Morgan fingerprint density at radius 1 is 1.00 bits per heavy atom. The highest BCUT2D eigenvalue weighted by molar-refractivity contribution is 6.10. The molecule has 0 bridgehead atoms. The maximum atomic E-state index is 13.6. The van der Waals surface area contributed by atoms with Gasteiger partial charge in [0.2, 0.25) is 5.91 Å². The molecule has 0 aliphatic carbocycles. The Bertz CT molecular complexity index is 1300. The highest BCUT2D eigenvalue weighted by atomic mass is 19.1. The van der Waals surface area contributed by atoms with Gasteiger partial charge in [-0.05, 0) is 67.8 Å². The van der Waals surface area contributed by atoms with Crippen LogP contribution < -0.4 is 15.5 Å². The van der Waals surface area contributed by atoms with E-state index in [4.69, 9.17) is 5.73 Å². The van der Waals surface area contributed by atoms with Crippen LogP contribution in [0.15, 0.2) is 42.5 Å². The van der Waals surface area contributed by atoms with Gasteiger partial charge in [-0.2, -0.15) is 5.10 Å². The van der Waals surface area contributed by atoms with E-state index >= 15 is 0 Å². The maximum Gasteiger partial charge on any atom is 0.277 e. The van der Waals surface area contributed by atoms with Crippen LogP contribution in [-0.4, -0.2) is 40.6 Å². The van der Waals surface area contributed by atoms with E-state index < -0.39 is 11.7 Å². The highest BCUT2D eigenvalue weighted by Gasteiger charge is 2.35. The third-order valence-electron chi connectivity index (χ3n) is 6.18. The van der Waals surface area contributed by atoms with Crippen LogP contribution in [0.1, 0.15) is 44.9 Å². The van der Waals surface area contributed by atoms with Crippen LogP contribution in [-0.2, 0) is 11.2 Å². The third kappa shape index (κ3) is 3.45. The minimum Gasteiger partial charge on any atom is -0.364 e. The average Bonchev–Trinajstić information content (AvgIpc) is 3.39. The zero-order valence-electron chi connectivity index (χ0n) is 18.0. The summed E-state index contributed by atoms with van der Waals surface area (Å²) in [6.07, 6.45) is 1.78. The molecule has 1 saturated heterocycles. The van der Waals surface area contributed by atoms with Crippen molar-refractivity contribution in [3.8, 4) is 5.69 Å². The number of carbonyl (C=O) groups is 3. The number of nitrogens with two attached hydrogens (primary N) is 1. The van der Waals surface area contributed by atoms with E-state index in [0.717, 1.165) is 17.7 Å². The molecule has 33 heavy (non-hydrogen) atoms. The minimum atomic E-state index is -0.718. The summed E-state index contributed by atoms with van der Waals surface area (Å²) in [5.74, 6) is -1.36. The van der Waals surface area contributed by atoms with Crippen LogP contribution in [0.4, 0.5) is 15.8 Å². The zero-order valence-corrected chi connectivity index (χ0v) is 18.0. The number of primary amides is 1. The predicted octanol–water partition coefficient (Wildman–Crippen LogP) is 2.75. The van der Waals surface area contributed by atoms with Gasteiger partial charge in [0.05, 0.1) is 5.69 Å². The van der Waals surface area contributed by atoms with Crippen molar-refractivity contribution >= 4 is 29.1 Å². The van der Waals surface area contributed by atoms with E-state index in [1.54, 1.807) is 9.80 Å². The molecule has 5 rings (SSSR count). The Morgan fingerprint density at radius 3 is 2.36 bits per heavy atom. The monoisotopic (exact) mass is 447 g/mol. The lowest BCUT2D eigenvalue weighted by atomic mass is 10.0. The van der Waals surface area contributed by atoms with Gasteiger partial charge < -0.3 is 15.5 Å². The standard InChI is InChI=1S/C24H22FN5O3/c1-14-13-17(28-11-2-3-20(28)31)8-9-19(14)29-12-10-18-21(23(26)32)27-30(22(18)24(29)33)16-6-4-15(25)5-7-16/h4-9,13H,2-3,10-12H2,1H3,(H2,26,32). The summed E-state index contributed by atoms with van der Waals surface area (Å²) in [5.41, 5.74) is 9.13. The number of amides is 3. The molecular weight excluding hydrogens is 425 g/mol. The first kappa shape index (κ1) is 20.9. The molecule has 2 aliphatic heterocycles.